The van der Waals surface area contributed by atoms with Crippen LogP contribution in [0.25, 0.3) is 6.08 Å². The van der Waals surface area contributed by atoms with Gasteiger partial charge in [-0.1, -0.05) is 49.1 Å². The highest BCUT2D eigenvalue weighted by Crippen LogP contribution is 2.28. The van der Waals surface area contributed by atoms with Gasteiger partial charge in [-0.15, -0.1) is 0 Å². The van der Waals surface area contributed by atoms with E-state index in [1.807, 2.05) is 36.4 Å². The summed E-state index contributed by atoms with van der Waals surface area (Å²) in [6.07, 6.45) is 7.06. The van der Waals surface area contributed by atoms with Crippen LogP contribution in [0.2, 0.25) is 0 Å². The fourth-order valence-electron chi connectivity index (χ4n) is 1.34. The molecule has 2 heteroatoms. The number of rotatable bonds is 5. The first-order chi connectivity index (χ1) is 8.25. The van der Waals surface area contributed by atoms with Crippen LogP contribution in [0, 0.1) is 0 Å². The molecule has 0 aromatic heterocycles. The van der Waals surface area contributed by atoms with Gasteiger partial charge in [0.25, 0.3) is 0 Å². The number of hydrogen-bond donors (Lipinski definition) is 0. The van der Waals surface area contributed by atoms with Crippen LogP contribution in [0.3, 0.4) is 0 Å². The Labute approximate surface area is 101 Å². The van der Waals surface area contributed by atoms with Gasteiger partial charge in [0.2, 0.25) is 0 Å². The lowest BCUT2D eigenvalue weighted by atomic mass is 10.2. The minimum Gasteiger partial charge on any atom is -0.488 e. The fourth-order valence-corrected chi connectivity index (χ4v) is 1.34. The SMILES string of the molecule is C=C(OC1CC1)/C(F)=C\C=C\c1ccccc1. The van der Waals surface area contributed by atoms with E-state index in [1.54, 1.807) is 6.08 Å². The zero-order valence-electron chi connectivity index (χ0n) is 9.60. The Bertz CT molecular complexity index is 441. The van der Waals surface area contributed by atoms with Gasteiger partial charge in [-0.2, -0.15) is 0 Å². The summed E-state index contributed by atoms with van der Waals surface area (Å²) in [5.41, 5.74) is 1.03. The summed E-state index contributed by atoms with van der Waals surface area (Å²) >= 11 is 0. The van der Waals surface area contributed by atoms with E-state index in [0.29, 0.717) is 0 Å². The molecule has 1 aromatic rings. The zero-order chi connectivity index (χ0) is 12.1. The second-order valence-electron chi connectivity index (χ2n) is 4.02. The average molecular weight is 230 g/mol. The van der Waals surface area contributed by atoms with Crippen molar-refractivity contribution in [3.8, 4) is 0 Å². The van der Waals surface area contributed by atoms with Gasteiger partial charge in [-0.3, -0.25) is 0 Å². The van der Waals surface area contributed by atoms with Crippen molar-refractivity contribution in [1.82, 2.24) is 0 Å². The summed E-state index contributed by atoms with van der Waals surface area (Å²) in [6.45, 7) is 3.56. The Hall–Kier alpha value is -1.83. The van der Waals surface area contributed by atoms with Gasteiger partial charge in [0.1, 0.15) is 5.76 Å². The van der Waals surface area contributed by atoms with Gasteiger partial charge in [0.15, 0.2) is 5.83 Å². The van der Waals surface area contributed by atoms with Gasteiger partial charge in [0.05, 0.1) is 6.10 Å². The van der Waals surface area contributed by atoms with Crippen LogP contribution in [-0.2, 0) is 4.74 Å². The van der Waals surface area contributed by atoms with Crippen LogP contribution in [0.1, 0.15) is 18.4 Å². The Kier molecular flexibility index (Phi) is 3.76. The molecule has 0 amide bonds. The summed E-state index contributed by atoms with van der Waals surface area (Å²) in [5, 5.41) is 0. The highest BCUT2D eigenvalue weighted by Gasteiger charge is 2.24. The molecule has 0 radical (unpaired) electrons. The van der Waals surface area contributed by atoms with Crippen LogP contribution < -0.4 is 0 Å². The molecule has 0 bridgehead atoms. The minimum atomic E-state index is -0.413. The summed E-state index contributed by atoms with van der Waals surface area (Å²) in [5.74, 6) is -0.283. The molecule has 1 aliphatic carbocycles. The van der Waals surface area contributed by atoms with Crippen LogP contribution in [-0.4, -0.2) is 6.10 Å². The third-order valence-corrected chi connectivity index (χ3v) is 2.43. The standard InChI is InChI=1S/C15H15FO/c1-12(17-14-10-11-14)15(16)9-5-8-13-6-3-2-4-7-13/h2-9,14H,1,10-11H2/b8-5+,15-9+. The molecule has 0 saturated heterocycles. The maximum absolute atomic E-state index is 13.5. The molecule has 0 N–H and O–H groups in total. The topological polar surface area (TPSA) is 9.23 Å². The second-order valence-corrected chi connectivity index (χ2v) is 4.02. The summed E-state index contributed by atoms with van der Waals surface area (Å²) in [7, 11) is 0. The normalized spacial score (nSPS) is 16.2. The van der Waals surface area contributed by atoms with Crippen molar-refractivity contribution in [2.24, 2.45) is 0 Å². The molecular formula is C15H15FO. The van der Waals surface area contributed by atoms with Crippen molar-refractivity contribution >= 4 is 6.08 Å². The van der Waals surface area contributed by atoms with Gasteiger partial charge >= 0.3 is 0 Å². The molecule has 17 heavy (non-hydrogen) atoms. The molecule has 0 unspecified atom stereocenters. The smallest absolute Gasteiger partial charge is 0.164 e. The molecule has 1 aliphatic rings. The minimum absolute atomic E-state index is 0.130. The lowest BCUT2D eigenvalue weighted by molar-refractivity contribution is 0.195. The molecule has 1 nitrogen and oxygen atoms in total. The van der Waals surface area contributed by atoms with Crippen molar-refractivity contribution in [3.63, 3.8) is 0 Å². The molecule has 0 heterocycles. The fraction of sp³-hybridized carbons (Fsp3) is 0.200. The quantitative estimate of drug-likeness (QED) is 0.543. The summed E-state index contributed by atoms with van der Waals surface area (Å²) in [6, 6.07) is 9.73. The number of allylic oxidation sites excluding steroid dienone is 3. The molecular weight excluding hydrogens is 215 g/mol. The van der Waals surface area contributed by atoms with Crippen LogP contribution in [0.4, 0.5) is 4.39 Å². The van der Waals surface area contributed by atoms with E-state index in [1.165, 1.54) is 6.08 Å². The predicted molar refractivity (Wildman–Crippen MR) is 67.9 cm³/mol. The van der Waals surface area contributed by atoms with Crippen LogP contribution in [0.5, 0.6) is 0 Å². The Morgan fingerprint density at radius 3 is 2.65 bits per heavy atom. The third-order valence-electron chi connectivity index (χ3n) is 2.43. The highest BCUT2D eigenvalue weighted by atomic mass is 19.1. The Morgan fingerprint density at radius 2 is 2.00 bits per heavy atom. The number of halogens is 1. The van der Waals surface area contributed by atoms with Gasteiger partial charge in [-0.25, -0.2) is 4.39 Å². The van der Waals surface area contributed by atoms with Crippen molar-refractivity contribution in [1.29, 1.82) is 0 Å². The summed E-state index contributed by atoms with van der Waals surface area (Å²) < 4.78 is 18.7. The maximum atomic E-state index is 13.5. The van der Waals surface area contributed by atoms with Crippen molar-refractivity contribution in [2.75, 3.05) is 0 Å². The maximum Gasteiger partial charge on any atom is 0.164 e. The molecule has 0 spiro atoms. The lowest BCUT2D eigenvalue weighted by Crippen LogP contribution is -1.92. The van der Waals surface area contributed by atoms with Crippen LogP contribution in [0.15, 0.2) is 60.6 Å². The number of hydrogen-bond acceptors (Lipinski definition) is 1. The highest BCUT2D eigenvalue weighted by molar-refractivity contribution is 5.51. The zero-order valence-corrected chi connectivity index (χ0v) is 9.60. The van der Waals surface area contributed by atoms with Crippen molar-refractivity contribution in [2.45, 2.75) is 18.9 Å². The monoisotopic (exact) mass is 230 g/mol. The van der Waals surface area contributed by atoms with Gasteiger partial charge < -0.3 is 4.74 Å². The summed E-state index contributed by atoms with van der Waals surface area (Å²) in [4.78, 5) is 0. The molecule has 0 aliphatic heterocycles. The van der Waals surface area contributed by atoms with E-state index >= 15 is 0 Å². The van der Waals surface area contributed by atoms with E-state index in [4.69, 9.17) is 4.74 Å². The third kappa shape index (κ3) is 3.91. The number of ether oxygens (including phenoxy) is 1. The molecule has 88 valence electrons. The van der Waals surface area contributed by atoms with E-state index in [0.717, 1.165) is 18.4 Å². The van der Waals surface area contributed by atoms with Crippen molar-refractivity contribution < 1.29 is 9.13 Å². The van der Waals surface area contributed by atoms with Crippen molar-refractivity contribution in [3.05, 3.63) is 66.2 Å². The first-order valence-corrected chi connectivity index (χ1v) is 5.70. The first-order valence-electron chi connectivity index (χ1n) is 5.70. The molecule has 0 atom stereocenters. The van der Waals surface area contributed by atoms with Gasteiger partial charge in [0, 0.05) is 0 Å². The van der Waals surface area contributed by atoms with Gasteiger partial charge in [-0.05, 0) is 24.5 Å². The van der Waals surface area contributed by atoms with E-state index in [2.05, 4.69) is 6.58 Å². The largest absolute Gasteiger partial charge is 0.488 e. The number of benzene rings is 1. The van der Waals surface area contributed by atoms with E-state index in [9.17, 15) is 4.39 Å². The Morgan fingerprint density at radius 1 is 1.29 bits per heavy atom. The molecule has 1 fully saturated rings. The van der Waals surface area contributed by atoms with E-state index < -0.39 is 5.83 Å². The first kappa shape index (κ1) is 11.6. The second kappa shape index (κ2) is 5.48. The predicted octanol–water partition coefficient (Wildman–Crippen LogP) is 4.25. The van der Waals surface area contributed by atoms with Crippen LogP contribution >= 0.6 is 0 Å². The Balaban J connectivity index is 1.90. The lowest BCUT2D eigenvalue weighted by Gasteiger charge is -2.03. The molecule has 1 aromatic carbocycles. The molecule has 2 rings (SSSR count). The average Bonchev–Trinajstić information content (AvgIpc) is 3.14. The molecule has 1 saturated carbocycles. The van der Waals surface area contributed by atoms with E-state index in [-0.39, 0.29) is 11.9 Å².